The Morgan fingerprint density at radius 2 is 2.00 bits per heavy atom. The van der Waals surface area contributed by atoms with Gasteiger partial charge in [-0.3, -0.25) is 4.79 Å². The first-order chi connectivity index (χ1) is 11.9. The molecule has 0 bridgehead atoms. The van der Waals surface area contributed by atoms with Crippen molar-refractivity contribution >= 4 is 16.8 Å². The van der Waals surface area contributed by atoms with Gasteiger partial charge in [-0.05, 0) is 42.8 Å². The third kappa shape index (κ3) is 3.53. The zero-order valence-corrected chi connectivity index (χ0v) is 15.1. The van der Waals surface area contributed by atoms with Crippen molar-refractivity contribution in [1.82, 2.24) is 10.3 Å². The van der Waals surface area contributed by atoms with Gasteiger partial charge in [0.2, 0.25) is 0 Å². The summed E-state index contributed by atoms with van der Waals surface area (Å²) in [4.78, 5) is 15.7. The summed E-state index contributed by atoms with van der Waals surface area (Å²) in [6.07, 6.45) is 2.02. The van der Waals surface area contributed by atoms with E-state index >= 15 is 0 Å². The topological polar surface area (TPSA) is 54.1 Å². The smallest absolute Gasteiger partial charge is 0.251 e. The maximum atomic E-state index is 12.4. The average Bonchev–Trinajstić information content (AvgIpc) is 3.03. The largest absolute Gasteiger partial charge is 0.497 e. The number of carbonyl (C=O) groups is 1. The van der Waals surface area contributed by atoms with Crippen molar-refractivity contribution in [2.75, 3.05) is 13.7 Å². The Hall–Kier alpha value is -2.75. The molecule has 130 valence electrons. The van der Waals surface area contributed by atoms with E-state index in [2.05, 4.69) is 24.1 Å². The molecule has 0 saturated carbocycles. The predicted molar refractivity (Wildman–Crippen MR) is 101 cm³/mol. The number of fused-ring (bicyclic) bond motifs is 1. The molecule has 0 saturated heterocycles. The third-order valence-electron chi connectivity index (χ3n) is 4.59. The van der Waals surface area contributed by atoms with Crippen LogP contribution in [0.15, 0.2) is 48.7 Å². The molecule has 4 heteroatoms. The lowest BCUT2D eigenvalue weighted by atomic mass is 9.84. The lowest BCUT2D eigenvalue weighted by molar-refractivity contribution is 0.0945. The van der Waals surface area contributed by atoms with Gasteiger partial charge < -0.3 is 15.0 Å². The molecule has 1 aromatic heterocycles. The van der Waals surface area contributed by atoms with E-state index in [9.17, 15) is 4.79 Å². The second-order valence-corrected chi connectivity index (χ2v) is 7.05. The molecule has 0 aliphatic carbocycles. The molecule has 3 aromatic rings. The monoisotopic (exact) mass is 336 g/mol. The number of aromatic amines is 1. The van der Waals surface area contributed by atoms with E-state index in [1.165, 1.54) is 0 Å². The van der Waals surface area contributed by atoms with Crippen molar-refractivity contribution < 1.29 is 9.53 Å². The lowest BCUT2D eigenvalue weighted by Gasteiger charge is -2.25. The number of H-pyrrole nitrogens is 1. The molecule has 0 aliphatic heterocycles. The molecule has 0 atom stereocenters. The van der Waals surface area contributed by atoms with Gasteiger partial charge in [-0.2, -0.15) is 0 Å². The standard InChI is InChI=1S/C21H24N2O2/c1-14-6-5-7-15(10-14)20(24)23-13-21(2,3)18-12-22-19-9-8-16(25-4)11-17(18)19/h5-12,22H,13H2,1-4H3,(H,23,24). The van der Waals surface area contributed by atoms with Crippen LogP contribution in [0.25, 0.3) is 10.9 Å². The molecule has 2 N–H and O–H groups in total. The van der Waals surface area contributed by atoms with Crippen molar-refractivity contribution in [3.8, 4) is 5.75 Å². The Kier molecular flexibility index (Phi) is 4.53. The van der Waals surface area contributed by atoms with Crippen LogP contribution in [-0.2, 0) is 5.41 Å². The van der Waals surface area contributed by atoms with Gasteiger partial charge in [0.1, 0.15) is 5.75 Å². The van der Waals surface area contributed by atoms with E-state index in [1.54, 1.807) is 7.11 Å². The van der Waals surface area contributed by atoms with E-state index in [0.717, 1.165) is 27.8 Å². The van der Waals surface area contributed by atoms with Crippen LogP contribution in [0.5, 0.6) is 5.75 Å². The number of methoxy groups -OCH3 is 1. The maximum Gasteiger partial charge on any atom is 0.251 e. The highest BCUT2D eigenvalue weighted by molar-refractivity contribution is 5.94. The molecule has 1 amide bonds. The van der Waals surface area contributed by atoms with Crippen LogP contribution < -0.4 is 10.1 Å². The number of carbonyl (C=O) groups excluding carboxylic acids is 1. The molecule has 3 rings (SSSR count). The van der Waals surface area contributed by atoms with Crippen LogP contribution in [0.3, 0.4) is 0 Å². The lowest BCUT2D eigenvalue weighted by Crippen LogP contribution is -2.36. The Morgan fingerprint density at radius 3 is 2.72 bits per heavy atom. The van der Waals surface area contributed by atoms with Crippen LogP contribution in [0, 0.1) is 6.92 Å². The van der Waals surface area contributed by atoms with Crippen molar-refractivity contribution in [3.05, 3.63) is 65.4 Å². The molecule has 0 radical (unpaired) electrons. The molecule has 2 aromatic carbocycles. The van der Waals surface area contributed by atoms with Gasteiger partial charge in [0.15, 0.2) is 0 Å². The molecule has 0 spiro atoms. The SMILES string of the molecule is COc1ccc2[nH]cc(C(C)(C)CNC(=O)c3cccc(C)c3)c2c1. The molecule has 4 nitrogen and oxygen atoms in total. The second kappa shape index (κ2) is 6.63. The van der Waals surface area contributed by atoms with Gasteiger partial charge in [0, 0.05) is 34.6 Å². The van der Waals surface area contributed by atoms with Gasteiger partial charge in [0.25, 0.3) is 5.91 Å². The van der Waals surface area contributed by atoms with Gasteiger partial charge in [-0.15, -0.1) is 0 Å². The van der Waals surface area contributed by atoms with E-state index in [-0.39, 0.29) is 11.3 Å². The molecule has 25 heavy (non-hydrogen) atoms. The van der Waals surface area contributed by atoms with Gasteiger partial charge in [-0.25, -0.2) is 0 Å². The highest BCUT2D eigenvalue weighted by atomic mass is 16.5. The summed E-state index contributed by atoms with van der Waals surface area (Å²) in [5, 5.41) is 4.18. The van der Waals surface area contributed by atoms with Crippen LogP contribution in [-0.4, -0.2) is 24.5 Å². The van der Waals surface area contributed by atoms with E-state index in [1.807, 2.05) is 55.6 Å². The fourth-order valence-corrected chi connectivity index (χ4v) is 3.07. The fraction of sp³-hybridized carbons (Fsp3) is 0.286. The average molecular weight is 336 g/mol. The molecule has 0 aliphatic rings. The van der Waals surface area contributed by atoms with E-state index < -0.39 is 0 Å². The zero-order chi connectivity index (χ0) is 18.0. The highest BCUT2D eigenvalue weighted by Crippen LogP contribution is 2.32. The number of hydrogen-bond donors (Lipinski definition) is 2. The minimum Gasteiger partial charge on any atom is -0.497 e. The number of rotatable bonds is 5. The van der Waals surface area contributed by atoms with Crippen LogP contribution in [0.4, 0.5) is 0 Å². The Morgan fingerprint density at radius 1 is 1.20 bits per heavy atom. The highest BCUT2D eigenvalue weighted by Gasteiger charge is 2.25. The summed E-state index contributed by atoms with van der Waals surface area (Å²) in [5.74, 6) is 0.780. The van der Waals surface area contributed by atoms with Gasteiger partial charge in [-0.1, -0.05) is 31.5 Å². The first-order valence-corrected chi connectivity index (χ1v) is 8.41. The third-order valence-corrected chi connectivity index (χ3v) is 4.59. The summed E-state index contributed by atoms with van der Waals surface area (Å²) in [6, 6.07) is 13.6. The van der Waals surface area contributed by atoms with Crippen molar-refractivity contribution in [3.63, 3.8) is 0 Å². The number of ether oxygens (including phenoxy) is 1. The number of benzene rings is 2. The number of aryl methyl sites for hydroxylation is 1. The Balaban J connectivity index is 1.81. The molecule has 0 unspecified atom stereocenters. The van der Waals surface area contributed by atoms with Crippen molar-refractivity contribution in [1.29, 1.82) is 0 Å². The maximum absolute atomic E-state index is 12.4. The second-order valence-electron chi connectivity index (χ2n) is 7.05. The first kappa shape index (κ1) is 17.1. The van der Waals surface area contributed by atoms with Gasteiger partial charge >= 0.3 is 0 Å². The number of aromatic nitrogens is 1. The summed E-state index contributed by atoms with van der Waals surface area (Å²) in [6.45, 7) is 6.79. The predicted octanol–water partition coefficient (Wildman–Crippen LogP) is 4.19. The van der Waals surface area contributed by atoms with E-state index in [4.69, 9.17) is 4.74 Å². The molecule has 1 heterocycles. The Labute approximate surface area is 148 Å². The van der Waals surface area contributed by atoms with Crippen LogP contribution in [0.1, 0.15) is 35.3 Å². The first-order valence-electron chi connectivity index (χ1n) is 8.41. The summed E-state index contributed by atoms with van der Waals surface area (Å²) in [5.41, 5.74) is 3.77. The van der Waals surface area contributed by atoms with Crippen LogP contribution in [0.2, 0.25) is 0 Å². The quantitative estimate of drug-likeness (QED) is 0.734. The molecular formula is C21H24N2O2. The minimum absolute atomic E-state index is 0.0470. The molecular weight excluding hydrogens is 312 g/mol. The van der Waals surface area contributed by atoms with Crippen molar-refractivity contribution in [2.45, 2.75) is 26.2 Å². The van der Waals surface area contributed by atoms with Crippen LogP contribution >= 0.6 is 0 Å². The fourth-order valence-electron chi connectivity index (χ4n) is 3.07. The zero-order valence-electron chi connectivity index (χ0n) is 15.1. The number of nitrogens with one attached hydrogen (secondary N) is 2. The number of amides is 1. The molecule has 0 fully saturated rings. The normalized spacial score (nSPS) is 11.5. The Bertz CT molecular complexity index is 909. The summed E-state index contributed by atoms with van der Waals surface area (Å²) >= 11 is 0. The summed E-state index contributed by atoms with van der Waals surface area (Å²) < 4.78 is 5.34. The summed E-state index contributed by atoms with van der Waals surface area (Å²) in [7, 11) is 1.67. The number of hydrogen-bond acceptors (Lipinski definition) is 2. The van der Waals surface area contributed by atoms with E-state index in [0.29, 0.717) is 12.1 Å². The van der Waals surface area contributed by atoms with Gasteiger partial charge in [0.05, 0.1) is 7.11 Å². The minimum atomic E-state index is -0.218. The van der Waals surface area contributed by atoms with Crippen molar-refractivity contribution in [2.24, 2.45) is 0 Å².